The average Bonchev–Trinajstić information content (AvgIpc) is 2.93. The molecule has 0 aliphatic rings. The lowest BCUT2D eigenvalue weighted by Crippen LogP contribution is -2.52. The fourth-order valence-corrected chi connectivity index (χ4v) is 6.48. The van der Waals surface area contributed by atoms with Gasteiger partial charge in [-0.3, -0.25) is 13.9 Å². The van der Waals surface area contributed by atoms with E-state index >= 15 is 0 Å². The molecule has 0 spiro atoms. The lowest BCUT2D eigenvalue weighted by molar-refractivity contribution is -0.140. The number of aryl methyl sites for hydroxylation is 2. The maximum Gasteiger partial charge on any atom is 0.264 e. The zero-order valence-corrected chi connectivity index (χ0v) is 26.4. The normalized spacial score (nSPS) is 12.1. The number of amides is 2. The molecular formula is C31H37Cl2N3O4S. The number of anilines is 1. The third kappa shape index (κ3) is 7.61. The predicted molar refractivity (Wildman–Crippen MR) is 166 cm³/mol. The van der Waals surface area contributed by atoms with Crippen LogP contribution in [0.4, 0.5) is 5.69 Å². The Morgan fingerprint density at radius 2 is 1.51 bits per heavy atom. The highest BCUT2D eigenvalue weighted by atomic mass is 35.5. The van der Waals surface area contributed by atoms with E-state index < -0.39 is 28.5 Å². The first-order chi connectivity index (χ1) is 19.4. The lowest BCUT2D eigenvalue weighted by atomic mass is 10.1. The van der Waals surface area contributed by atoms with Crippen LogP contribution in [0.3, 0.4) is 0 Å². The van der Waals surface area contributed by atoms with Crippen molar-refractivity contribution in [1.29, 1.82) is 0 Å². The molecule has 220 valence electrons. The van der Waals surface area contributed by atoms with Crippen LogP contribution in [0.5, 0.6) is 0 Å². The molecule has 0 aliphatic carbocycles. The number of halogens is 2. The van der Waals surface area contributed by atoms with Crippen LogP contribution in [0, 0.1) is 20.8 Å². The number of benzene rings is 3. The summed E-state index contributed by atoms with van der Waals surface area (Å²) < 4.78 is 29.3. The van der Waals surface area contributed by atoms with E-state index in [1.165, 1.54) is 17.0 Å². The molecule has 2 amide bonds. The zero-order valence-electron chi connectivity index (χ0n) is 24.1. The van der Waals surface area contributed by atoms with E-state index in [-0.39, 0.29) is 17.3 Å². The molecule has 0 bridgehead atoms. The van der Waals surface area contributed by atoms with E-state index in [9.17, 15) is 18.0 Å². The highest BCUT2D eigenvalue weighted by Crippen LogP contribution is 2.31. The Morgan fingerprint density at radius 1 is 0.902 bits per heavy atom. The van der Waals surface area contributed by atoms with Crippen molar-refractivity contribution in [2.75, 3.05) is 17.4 Å². The van der Waals surface area contributed by atoms with Gasteiger partial charge in [0.05, 0.1) is 10.6 Å². The van der Waals surface area contributed by atoms with Crippen LogP contribution in [-0.2, 0) is 26.2 Å². The van der Waals surface area contributed by atoms with Crippen LogP contribution in [0.25, 0.3) is 0 Å². The van der Waals surface area contributed by atoms with Gasteiger partial charge >= 0.3 is 0 Å². The number of nitrogens with zero attached hydrogens (tertiary/aromatic N) is 2. The van der Waals surface area contributed by atoms with Crippen LogP contribution in [0.1, 0.15) is 48.9 Å². The number of hydrogen-bond donors (Lipinski definition) is 1. The van der Waals surface area contributed by atoms with E-state index in [1.807, 2.05) is 33.8 Å². The molecule has 0 fully saturated rings. The monoisotopic (exact) mass is 617 g/mol. The Hall–Kier alpha value is -3.07. The van der Waals surface area contributed by atoms with Gasteiger partial charge in [0, 0.05) is 28.7 Å². The van der Waals surface area contributed by atoms with Crippen molar-refractivity contribution >= 4 is 50.7 Å². The van der Waals surface area contributed by atoms with Crippen molar-refractivity contribution in [1.82, 2.24) is 10.2 Å². The first kappa shape index (κ1) is 32.4. The molecule has 0 aliphatic heterocycles. The number of sulfonamides is 1. The van der Waals surface area contributed by atoms with E-state index in [2.05, 4.69) is 5.32 Å². The standard InChI is InChI=1S/C31H37Cl2N3O4S/c1-6-18-34-31(38)28(7-2)35(19-25-26(32)11-9-12-27(25)33)30(37)20-36(29-13-8-10-22(4)23(29)5)41(39,40)24-16-14-21(3)15-17-24/h8-17,28H,6-7,18-20H2,1-5H3,(H,34,38)/t28-/m0/s1. The second-order valence-electron chi connectivity index (χ2n) is 9.98. The van der Waals surface area contributed by atoms with Gasteiger partial charge in [0.25, 0.3) is 10.0 Å². The topological polar surface area (TPSA) is 86.8 Å². The molecule has 0 saturated heterocycles. The SMILES string of the molecule is CCCNC(=O)[C@H](CC)N(Cc1c(Cl)cccc1Cl)C(=O)CN(c1cccc(C)c1C)S(=O)(=O)c1ccc(C)cc1. The smallest absolute Gasteiger partial charge is 0.264 e. The molecular weight excluding hydrogens is 581 g/mol. The number of nitrogens with one attached hydrogen (secondary N) is 1. The first-order valence-electron chi connectivity index (χ1n) is 13.6. The van der Waals surface area contributed by atoms with Crippen LogP contribution < -0.4 is 9.62 Å². The number of rotatable bonds is 12. The fraction of sp³-hybridized carbons (Fsp3) is 0.355. The molecule has 3 aromatic carbocycles. The minimum absolute atomic E-state index is 0.0604. The van der Waals surface area contributed by atoms with Gasteiger partial charge in [-0.15, -0.1) is 0 Å². The maximum absolute atomic E-state index is 14.2. The Labute approximate surface area is 253 Å². The zero-order chi connectivity index (χ0) is 30.3. The summed E-state index contributed by atoms with van der Waals surface area (Å²) in [7, 11) is -4.16. The van der Waals surface area contributed by atoms with Crippen LogP contribution >= 0.6 is 23.2 Å². The molecule has 0 saturated carbocycles. The molecule has 10 heteroatoms. The van der Waals surface area contributed by atoms with Gasteiger partial charge in [0.2, 0.25) is 11.8 Å². The maximum atomic E-state index is 14.2. The Balaban J connectivity index is 2.13. The van der Waals surface area contributed by atoms with E-state index in [0.29, 0.717) is 34.3 Å². The van der Waals surface area contributed by atoms with Crippen molar-refractivity contribution in [2.24, 2.45) is 0 Å². The van der Waals surface area contributed by atoms with Crippen molar-refractivity contribution in [3.05, 3.63) is 93.0 Å². The van der Waals surface area contributed by atoms with Crippen molar-refractivity contribution in [3.63, 3.8) is 0 Å². The first-order valence-corrected chi connectivity index (χ1v) is 15.8. The van der Waals surface area contributed by atoms with Gasteiger partial charge in [-0.2, -0.15) is 0 Å². The Morgan fingerprint density at radius 3 is 2.10 bits per heavy atom. The molecule has 3 aromatic rings. The number of hydrogen-bond acceptors (Lipinski definition) is 4. The van der Waals surface area contributed by atoms with Crippen LogP contribution in [0.15, 0.2) is 65.6 Å². The molecule has 41 heavy (non-hydrogen) atoms. The predicted octanol–water partition coefficient (Wildman–Crippen LogP) is 6.45. The molecule has 1 atom stereocenters. The lowest BCUT2D eigenvalue weighted by Gasteiger charge is -2.34. The summed E-state index contributed by atoms with van der Waals surface area (Å²) in [6, 6.07) is 16.0. The largest absolute Gasteiger partial charge is 0.354 e. The van der Waals surface area contributed by atoms with Crippen molar-refractivity contribution in [2.45, 2.75) is 64.9 Å². The van der Waals surface area contributed by atoms with Crippen LogP contribution in [-0.4, -0.2) is 44.3 Å². The third-order valence-corrected chi connectivity index (χ3v) is 9.54. The van der Waals surface area contributed by atoms with E-state index in [0.717, 1.165) is 27.4 Å². The molecule has 7 nitrogen and oxygen atoms in total. The third-order valence-electron chi connectivity index (χ3n) is 7.06. The van der Waals surface area contributed by atoms with E-state index in [4.69, 9.17) is 23.2 Å². The van der Waals surface area contributed by atoms with Crippen LogP contribution in [0.2, 0.25) is 10.0 Å². The van der Waals surface area contributed by atoms with Crippen molar-refractivity contribution in [3.8, 4) is 0 Å². The molecule has 0 heterocycles. The number of carbonyl (C=O) groups excluding carboxylic acids is 2. The average molecular weight is 619 g/mol. The minimum atomic E-state index is -4.16. The molecule has 1 N–H and O–H groups in total. The van der Waals surface area contributed by atoms with Gasteiger partial charge < -0.3 is 10.2 Å². The summed E-state index contributed by atoms with van der Waals surface area (Å²) in [5, 5.41) is 3.56. The Kier molecular flexibility index (Phi) is 11.2. The highest BCUT2D eigenvalue weighted by molar-refractivity contribution is 7.92. The van der Waals surface area contributed by atoms with Crippen molar-refractivity contribution < 1.29 is 18.0 Å². The molecule has 0 aromatic heterocycles. The van der Waals surface area contributed by atoms with E-state index in [1.54, 1.807) is 49.4 Å². The second kappa shape index (κ2) is 14.2. The quantitative estimate of drug-likeness (QED) is 0.253. The number of carbonyl (C=O) groups is 2. The minimum Gasteiger partial charge on any atom is -0.354 e. The summed E-state index contributed by atoms with van der Waals surface area (Å²) in [5.41, 5.74) is 3.38. The van der Waals surface area contributed by atoms with Gasteiger partial charge in [0.15, 0.2) is 0 Å². The fourth-order valence-electron chi connectivity index (χ4n) is 4.50. The summed E-state index contributed by atoms with van der Waals surface area (Å²) in [6.45, 7) is 9.16. The summed E-state index contributed by atoms with van der Waals surface area (Å²) in [6.07, 6.45) is 1.03. The van der Waals surface area contributed by atoms with Gasteiger partial charge in [-0.1, -0.05) is 72.9 Å². The Bertz CT molecular complexity index is 1470. The summed E-state index contributed by atoms with van der Waals surface area (Å²) in [4.78, 5) is 28.9. The summed E-state index contributed by atoms with van der Waals surface area (Å²) in [5.74, 6) is -0.887. The van der Waals surface area contributed by atoms with Gasteiger partial charge in [-0.25, -0.2) is 8.42 Å². The molecule has 0 radical (unpaired) electrons. The summed E-state index contributed by atoms with van der Waals surface area (Å²) >= 11 is 12.9. The van der Waals surface area contributed by atoms with Gasteiger partial charge in [-0.05, 0) is 75.1 Å². The van der Waals surface area contributed by atoms with Gasteiger partial charge in [0.1, 0.15) is 12.6 Å². The molecule has 3 rings (SSSR count). The highest BCUT2D eigenvalue weighted by Gasteiger charge is 2.34. The second-order valence-corrected chi connectivity index (χ2v) is 12.7. The molecule has 0 unspecified atom stereocenters.